The van der Waals surface area contributed by atoms with Crippen LogP contribution < -0.4 is 0 Å². The van der Waals surface area contributed by atoms with Crippen LogP contribution in [0, 0.1) is 0 Å². The molecule has 0 aliphatic rings. The van der Waals surface area contributed by atoms with E-state index in [-0.39, 0.29) is 6.61 Å². The molecular weight excluding hydrogens is 313 g/mol. The smallest absolute Gasteiger partial charge is 0.0402 e. The molecule has 0 aromatic heterocycles. The zero-order valence-corrected chi connectivity index (χ0v) is 12.0. The maximum Gasteiger partial charge on any atom is 0.0402 e. The molecule has 0 bridgehead atoms. The summed E-state index contributed by atoms with van der Waals surface area (Å²) < 4.78 is 0.871. The molecule has 0 radical (unpaired) electrons. The number of unbranched alkanes of at least 4 members (excludes halogenated alkanes) is 1. The van der Waals surface area contributed by atoms with Gasteiger partial charge in [0.1, 0.15) is 0 Å². The third kappa shape index (κ3) is 24.5. The summed E-state index contributed by atoms with van der Waals surface area (Å²) in [6.07, 6.45) is 2.21. The Morgan fingerprint density at radius 1 is 1.18 bits per heavy atom. The van der Waals surface area contributed by atoms with E-state index in [4.69, 9.17) is 31.9 Å². The topological polar surface area (TPSA) is 20.2 Å². The Bertz CT molecular complexity index is 74.7. The van der Waals surface area contributed by atoms with Crippen LogP contribution in [0.4, 0.5) is 0 Å². The molecule has 0 heterocycles. The number of halogens is 3. The molecule has 1 nitrogen and oxygen atoms in total. The second-order valence-electron chi connectivity index (χ2n) is 2.03. The number of hydrogen-bond donors (Lipinski definition) is 1. The van der Waals surface area contributed by atoms with Gasteiger partial charge in [-0.15, -0.1) is 0 Å². The van der Waals surface area contributed by atoms with E-state index in [0.29, 0.717) is 0 Å². The Morgan fingerprint density at radius 2 is 1.55 bits per heavy atom. The predicted molar refractivity (Wildman–Crippen MR) is 55.8 cm³/mol. The van der Waals surface area contributed by atoms with Gasteiger partial charge in [0, 0.05) is 6.61 Å². The van der Waals surface area contributed by atoms with Crippen LogP contribution in [0.2, 0.25) is 4.44 Å². The van der Waals surface area contributed by atoms with E-state index < -0.39 is 15.0 Å². The molecule has 0 aromatic carbocycles. The summed E-state index contributed by atoms with van der Waals surface area (Å²) in [6.45, 7) is 4.03. The summed E-state index contributed by atoms with van der Waals surface area (Å²) in [5.41, 5.74) is 0. The van der Waals surface area contributed by atoms with Crippen LogP contribution in [0.15, 0.2) is 0 Å². The molecule has 0 amide bonds. The molecule has 0 saturated carbocycles. The fourth-order valence-corrected chi connectivity index (χ4v) is 5.22. The fraction of sp³-hybridized carbons (Fsp3) is 1.00. The Hall–Kier alpha value is 1.63. The average Bonchev–Trinajstić information content (AvgIpc) is 1.84. The van der Waals surface area contributed by atoms with Gasteiger partial charge in [-0.3, -0.25) is 0 Å². The summed E-state index contributed by atoms with van der Waals surface area (Å²) in [4.78, 5) is 0. The van der Waals surface area contributed by atoms with Gasteiger partial charge in [-0.25, -0.2) is 0 Å². The number of rotatable bonds is 3. The van der Waals surface area contributed by atoms with Crippen LogP contribution in [-0.2, 0) is 0 Å². The fourth-order valence-electron chi connectivity index (χ4n) is 0.377. The third-order valence-electron chi connectivity index (χ3n) is 0.814. The van der Waals surface area contributed by atoms with Gasteiger partial charge >= 0.3 is 66.0 Å². The normalized spacial score (nSPS) is 10.4. The van der Waals surface area contributed by atoms with Crippen molar-refractivity contribution in [2.45, 2.75) is 31.1 Å². The van der Waals surface area contributed by atoms with Crippen LogP contribution in [0.3, 0.4) is 0 Å². The maximum absolute atomic E-state index is 7.57. The Labute approximate surface area is 84.0 Å². The van der Waals surface area contributed by atoms with Crippen LogP contribution in [0.1, 0.15) is 26.7 Å². The van der Waals surface area contributed by atoms with Gasteiger partial charge in [0.15, 0.2) is 0 Å². The minimum Gasteiger partial charge on any atom is -0.397 e. The van der Waals surface area contributed by atoms with Gasteiger partial charge in [0.25, 0.3) is 0 Å². The Morgan fingerprint density at radius 3 is 1.64 bits per heavy atom. The first-order valence-electron chi connectivity index (χ1n) is 3.65. The second-order valence-corrected chi connectivity index (χ2v) is 23.9. The maximum atomic E-state index is 7.57. The monoisotopic (exact) mass is 328 g/mol. The summed E-state index contributed by atoms with van der Waals surface area (Å²) in [5, 5.41) is 7.57. The van der Waals surface area contributed by atoms with Crippen LogP contribution in [-0.4, -0.2) is 26.7 Å². The average molecular weight is 328 g/mol. The van der Waals surface area contributed by atoms with Crippen molar-refractivity contribution in [1.82, 2.24) is 0 Å². The summed E-state index contributed by atoms with van der Waals surface area (Å²) in [5.74, 6) is 0. The van der Waals surface area contributed by atoms with Crippen molar-refractivity contribution in [2.24, 2.45) is 0 Å². The molecule has 70 valence electrons. The van der Waals surface area contributed by atoms with Crippen molar-refractivity contribution in [1.29, 1.82) is 0 Å². The van der Waals surface area contributed by atoms with Crippen molar-refractivity contribution in [3.05, 3.63) is 0 Å². The molecule has 0 atom stereocenters. The largest absolute Gasteiger partial charge is 0.397 e. The van der Waals surface area contributed by atoms with Crippen LogP contribution in [0.25, 0.3) is 0 Å². The van der Waals surface area contributed by atoms with E-state index in [9.17, 15) is 0 Å². The zero-order chi connectivity index (χ0) is 9.33. The van der Waals surface area contributed by atoms with Gasteiger partial charge in [0.2, 0.25) is 0 Å². The molecule has 11 heavy (non-hydrogen) atoms. The first kappa shape index (κ1) is 15.1. The van der Waals surface area contributed by atoms with E-state index in [1.165, 1.54) is 0 Å². The molecule has 0 saturated heterocycles. The molecule has 0 fully saturated rings. The SMILES string of the molecule is CCC[CH2][Sn]([Cl])([Cl])[Cl].CCO. The van der Waals surface area contributed by atoms with Crippen molar-refractivity contribution >= 4 is 41.8 Å². The van der Waals surface area contributed by atoms with Crippen LogP contribution in [0.5, 0.6) is 0 Å². The molecule has 0 rings (SSSR count). The first-order chi connectivity index (χ1) is 4.97. The van der Waals surface area contributed by atoms with E-state index >= 15 is 0 Å². The standard InChI is InChI=1S/C4H9.C2H6O.3ClH.Sn/c1-3-4-2;1-2-3;;;;/h1,3-4H2,2H3;3H,2H2,1H3;3*1H;/q;;;;;+3/p-3. The second kappa shape index (κ2) is 9.71. The van der Waals surface area contributed by atoms with Crippen molar-refractivity contribution in [3.8, 4) is 0 Å². The van der Waals surface area contributed by atoms with Crippen molar-refractivity contribution in [2.75, 3.05) is 6.61 Å². The summed E-state index contributed by atoms with van der Waals surface area (Å²) in [7, 11) is 17.0. The quantitative estimate of drug-likeness (QED) is 0.787. The number of hydrogen-bond acceptors (Lipinski definition) is 1. The van der Waals surface area contributed by atoms with Gasteiger partial charge in [-0.05, 0) is 6.92 Å². The predicted octanol–water partition coefficient (Wildman–Crippen LogP) is 3.44. The molecule has 0 aliphatic carbocycles. The Kier molecular flexibility index (Phi) is 13.4. The van der Waals surface area contributed by atoms with Gasteiger partial charge < -0.3 is 5.11 Å². The van der Waals surface area contributed by atoms with E-state index in [1.54, 1.807) is 6.92 Å². The van der Waals surface area contributed by atoms with E-state index in [2.05, 4.69) is 6.92 Å². The molecule has 1 N–H and O–H groups in total. The zero-order valence-electron chi connectivity index (χ0n) is 6.91. The van der Waals surface area contributed by atoms with Crippen LogP contribution >= 0.6 is 26.8 Å². The number of aliphatic hydroxyl groups excluding tert-OH is 1. The van der Waals surface area contributed by atoms with E-state index in [0.717, 1.165) is 17.3 Å². The minimum absolute atomic E-state index is 0.250. The molecule has 5 heteroatoms. The first-order valence-corrected chi connectivity index (χ1v) is 16.5. The Balaban J connectivity index is 0. The van der Waals surface area contributed by atoms with Gasteiger partial charge in [-0.2, -0.15) is 0 Å². The van der Waals surface area contributed by atoms with Gasteiger partial charge in [0.05, 0.1) is 0 Å². The molecule has 0 aromatic rings. The van der Waals surface area contributed by atoms with Crippen molar-refractivity contribution < 1.29 is 5.11 Å². The van der Waals surface area contributed by atoms with Gasteiger partial charge in [-0.1, -0.05) is 0 Å². The molecule has 0 unspecified atom stereocenters. The number of aliphatic hydroxyl groups is 1. The van der Waals surface area contributed by atoms with Crippen molar-refractivity contribution in [3.63, 3.8) is 0 Å². The molecule has 0 aliphatic heterocycles. The molecule has 0 spiro atoms. The summed E-state index contributed by atoms with van der Waals surface area (Å²) in [6, 6.07) is 0. The third-order valence-corrected chi connectivity index (χ3v) is 7.24. The molecular formula is C6H15Cl3OSn. The minimum atomic E-state index is -2.89. The van der Waals surface area contributed by atoms with E-state index in [1.807, 2.05) is 0 Å². The summed E-state index contributed by atoms with van der Waals surface area (Å²) >= 11 is -2.89.